The minimum absolute atomic E-state index is 0.0764. The van der Waals surface area contributed by atoms with Crippen LogP contribution in [0.3, 0.4) is 0 Å². The molecule has 1 saturated heterocycles. The fraction of sp³-hybridized carbons (Fsp3) is 0.500. The zero-order chi connectivity index (χ0) is 18.1. The van der Waals surface area contributed by atoms with Gasteiger partial charge in [-0.05, 0) is 26.7 Å². The van der Waals surface area contributed by atoms with Crippen molar-refractivity contribution in [3.8, 4) is 0 Å². The summed E-state index contributed by atoms with van der Waals surface area (Å²) in [7, 11) is 0. The summed E-state index contributed by atoms with van der Waals surface area (Å²) < 4.78 is 1.83. The largest absolute Gasteiger partial charge is 0.390 e. The van der Waals surface area contributed by atoms with Crippen molar-refractivity contribution in [3.63, 3.8) is 0 Å². The van der Waals surface area contributed by atoms with Crippen LogP contribution in [0, 0.1) is 13.8 Å². The normalized spacial score (nSPS) is 14.5. The molecule has 0 unspecified atom stereocenters. The van der Waals surface area contributed by atoms with Gasteiger partial charge in [-0.25, -0.2) is 19.5 Å². The van der Waals surface area contributed by atoms with Crippen molar-refractivity contribution >= 4 is 11.5 Å². The molecule has 4 rings (SSSR count). The van der Waals surface area contributed by atoms with Gasteiger partial charge in [-0.2, -0.15) is 5.10 Å². The third-order valence-corrected chi connectivity index (χ3v) is 4.73. The molecule has 8 heteroatoms. The average molecular weight is 353 g/mol. The average Bonchev–Trinajstić information content (AvgIpc) is 3.33. The van der Waals surface area contributed by atoms with Crippen LogP contribution >= 0.6 is 0 Å². The molecule has 3 aromatic heterocycles. The van der Waals surface area contributed by atoms with Crippen LogP contribution in [0.4, 0.5) is 5.82 Å². The van der Waals surface area contributed by atoms with Gasteiger partial charge in [-0.1, -0.05) is 0 Å². The molecule has 0 saturated carbocycles. The lowest BCUT2D eigenvalue weighted by Crippen LogP contribution is -2.20. The number of hydrogen-bond donors (Lipinski definition) is 1. The summed E-state index contributed by atoms with van der Waals surface area (Å²) in [5.74, 6) is 2.39. The summed E-state index contributed by atoms with van der Waals surface area (Å²) in [6.45, 7) is 5.85. The number of aromatic nitrogens is 6. The Kier molecular flexibility index (Phi) is 4.50. The van der Waals surface area contributed by atoms with Crippen molar-refractivity contribution < 1.29 is 5.11 Å². The molecule has 1 fully saturated rings. The van der Waals surface area contributed by atoms with Gasteiger partial charge in [0.2, 0.25) is 0 Å². The Labute approximate surface area is 152 Å². The molecular weight excluding hydrogens is 330 g/mol. The maximum absolute atomic E-state index is 9.53. The highest BCUT2D eigenvalue weighted by Gasteiger charge is 2.16. The van der Waals surface area contributed by atoms with Gasteiger partial charge in [0.05, 0.1) is 23.7 Å². The molecule has 0 aliphatic carbocycles. The van der Waals surface area contributed by atoms with Gasteiger partial charge in [0, 0.05) is 38.2 Å². The van der Waals surface area contributed by atoms with E-state index in [1.165, 1.54) is 12.8 Å². The van der Waals surface area contributed by atoms with E-state index < -0.39 is 0 Å². The third-order valence-electron chi connectivity index (χ3n) is 4.73. The summed E-state index contributed by atoms with van der Waals surface area (Å²) >= 11 is 0. The summed E-state index contributed by atoms with van der Waals surface area (Å²) in [6.07, 6.45) is 5.46. The summed E-state index contributed by atoms with van der Waals surface area (Å²) in [6, 6.07) is 1.89. The maximum Gasteiger partial charge on any atom is 0.177 e. The number of fused-ring (bicyclic) bond motifs is 1. The Balaban J connectivity index is 1.56. The molecular formula is C18H23N7O. The lowest BCUT2D eigenvalue weighted by atomic mass is 10.2. The van der Waals surface area contributed by atoms with E-state index >= 15 is 0 Å². The first-order valence-electron chi connectivity index (χ1n) is 9.04. The van der Waals surface area contributed by atoms with Gasteiger partial charge >= 0.3 is 0 Å². The van der Waals surface area contributed by atoms with Crippen LogP contribution in [0.5, 0.6) is 0 Å². The minimum Gasteiger partial charge on any atom is -0.390 e. The van der Waals surface area contributed by atoms with E-state index in [9.17, 15) is 5.11 Å². The minimum atomic E-state index is -0.0764. The Morgan fingerprint density at radius 3 is 2.54 bits per heavy atom. The van der Waals surface area contributed by atoms with Crippen LogP contribution in [0.2, 0.25) is 0 Å². The van der Waals surface area contributed by atoms with Crippen LogP contribution in [0.1, 0.15) is 41.6 Å². The van der Waals surface area contributed by atoms with Crippen molar-refractivity contribution in [2.24, 2.45) is 0 Å². The summed E-state index contributed by atoms with van der Waals surface area (Å²) in [4.78, 5) is 20.4. The summed E-state index contributed by atoms with van der Waals surface area (Å²) in [5, 5.41) is 14.1. The monoisotopic (exact) mass is 353 g/mol. The molecule has 26 heavy (non-hydrogen) atoms. The first kappa shape index (κ1) is 16.8. The first-order valence-corrected chi connectivity index (χ1v) is 9.04. The number of aliphatic hydroxyl groups excluding tert-OH is 1. The molecule has 0 amide bonds. The number of anilines is 1. The number of nitrogens with zero attached hydrogens (tertiary/aromatic N) is 7. The summed E-state index contributed by atoms with van der Waals surface area (Å²) in [5.41, 5.74) is 3.28. The van der Waals surface area contributed by atoms with Crippen LogP contribution in [-0.4, -0.2) is 47.7 Å². The SMILES string of the molecule is Cc1ncc(C)n2nc(CCc3nc(CO)cc(N4CCCC4)n3)nc12. The van der Waals surface area contributed by atoms with E-state index in [-0.39, 0.29) is 6.61 Å². The molecule has 0 aromatic carbocycles. The van der Waals surface area contributed by atoms with Gasteiger partial charge in [0.1, 0.15) is 11.6 Å². The molecule has 136 valence electrons. The topological polar surface area (TPSA) is 92.3 Å². The predicted molar refractivity (Wildman–Crippen MR) is 97.1 cm³/mol. The van der Waals surface area contributed by atoms with Gasteiger partial charge < -0.3 is 10.0 Å². The second-order valence-electron chi connectivity index (χ2n) is 6.73. The van der Waals surface area contributed by atoms with Crippen LogP contribution in [-0.2, 0) is 19.4 Å². The van der Waals surface area contributed by atoms with E-state index in [2.05, 4.69) is 25.0 Å². The molecule has 0 atom stereocenters. The highest BCUT2D eigenvalue weighted by atomic mass is 16.3. The van der Waals surface area contributed by atoms with E-state index in [1.54, 1.807) is 6.20 Å². The molecule has 1 aliphatic heterocycles. The third kappa shape index (κ3) is 3.24. The van der Waals surface area contributed by atoms with Crippen molar-refractivity contribution in [2.45, 2.75) is 46.1 Å². The Morgan fingerprint density at radius 2 is 1.81 bits per heavy atom. The van der Waals surface area contributed by atoms with Gasteiger partial charge in [0.15, 0.2) is 11.5 Å². The lowest BCUT2D eigenvalue weighted by Gasteiger charge is -2.17. The smallest absolute Gasteiger partial charge is 0.177 e. The maximum atomic E-state index is 9.53. The van der Waals surface area contributed by atoms with Crippen molar-refractivity contribution in [1.82, 2.24) is 29.5 Å². The van der Waals surface area contributed by atoms with E-state index in [4.69, 9.17) is 4.98 Å². The lowest BCUT2D eigenvalue weighted by molar-refractivity contribution is 0.276. The molecule has 0 bridgehead atoms. The first-order chi connectivity index (χ1) is 12.6. The van der Waals surface area contributed by atoms with Crippen LogP contribution in [0.15, 0.2) is 12.3 Å². The van der Waals surface area contributed by atoms with Crippen LogP contribution in [0.25, 0.3) is 5.65 Å². The van der Waals surface area contributed by atoms with Crippen molar-refractivity contribution in [3.05, 3.63) is 41.0 Å². The zero-order valence-electron chi connectivity index (χ0n) is 15.2. The fourth-order valence-corrected chi connectivity index (χ4v) is 3.30. The highest BCUT2D eigenvalue weighted by molar-refractivity contribution is 5.43. The van der Waals surface area contributed by atoms with E-state index in [1.807, 2.05) is 24.4 Å². The zero-order valence-corrected chi connectivity index (χ0v) is 15.2. The molecule has 1 aliphatic rings. The number of hydrogen-bond acceptors (Lipinski definition) is 7. The predicted octanol–water partition coefficient (Wildman–Crippen LogP) is 1.41. The van der Waals surface area contributed by atoms with E-state index in [0.29, 0.717) is 18.5 Å². The Morgan fingerprint density at radius 1 is 1.04 bits per heavy atom. The molecule has 0 spiro atoms. The second kappa shape index (κ2) is 6.95. The van der Waals surface area contributed by atoms with Gasteiger partial charge in [0.25, 0.3) is 0 Å². The standard InChI is InChI=1S/C18H23N7O/c1-12-10-19-13(2)18-22-16(23-25(12)18)6-5-15-20-14(11-26)9-17(21-15)24-7-3-4-8-24/h9-10,26H,3-8,11H2,1-2H3. The highest BCUT2D eigenvalue weighted by Crippen LogP contribution is 2.19. The number of aryl methyl sites for hydroxylation is 4. The fourth-order valence-electron chi connectivity index (χ4n) is 3.30. The number of rotatable bonds is 5. The van der Waals surface area contributed by atoms with Gasteiger partial charge in [-0.15, -0.1) is 0 Å². The van der Waals surface area contributed by atoms with Crippen molar-refractivity contribution in [2.75, 3.05) is 18.0 Å². The molecule has 8 nitrogen and oxygen atoms in total. The molecule has 3 aromatic rings. The number of aliphatic hydroxyl groups is 1. The van der Waals surface area contributed by atoms with E-state index in [0.717, 1.165) is 47.6 Å². The molecule has 1 N–H and O–H groups in total. The Bertz CT molecular complexity index is 892. The molecule has 4 heterocycles. The van der Waals surface area contributed by atoms with Crippen molar-refractivity contribution in [1.29, 1.82) is 0 Å². The second-order valence-corrected chi connectivity index (χ2v) is 6.73. The van der Waals surface area contributed by atoms with Crippen LogP contribution < -0.4 is 4.90 Å². The molecule has 0 radical (unpaired) electrons. The Hall–Kier alpha value is -2.61. The quantitative estimate of drug-likeness (QED) is 0.741. The van der Waals surface area contributed by atoms with Gasteiger partial charge in [-0.3, -0.25) is 4.98 Å².